The molecule has 0 spiro atoms. The molecule has 5 rings (SSSR count). The van der Waals surface area contributed by atoms with Gasteiger partial charge in [0.1, 0.15) is 24.0 Å². The lowest BCUT2D eigenvalue weighted by molar-refractivity contribution is -0.457. The molecule has 0 aliphatic heterocycles. The van der Waals surface area contributed by atoms with Gasteiger partial charge < -0.3 is 19.1 Å². The Morgan fingerprint density at radius 1 is 0.804 bits per heavy atom. The number of halogens is 12. The van der Waals surface area contributed by atoms with Gasteiger partial charge in [-0.2, -0.15) is 39.5 Å². The van der Waals surface area contributed by atoms with Gasteiger partial charge in [0, 0.05) is 24.6 Å². The second-order valence-corrected chi connectivity index (χ2v) is 16.2. The van der Waals surface area contributed by atoms with E-state index in [0.717, 1.165) is 69.9 Å². The van der Waals surface area contributed by atoms with Crippen LogP contribution >= 0.6 is 11.6 Å². The van der Waals surface area contributed by atoms with Crippen molar-refractivity contribution in [2.24, 2.45) is 17.3 Å². The monoisotopic (exact) mass is 835 g/mol. The first kappa shape index (κ1) is 44.7. The molecule has 0 bridgehead atoms. The summed E-state index contributed by atoms with van der Waals surface area (Å²) in [5, 5.41) is 0. The van der Waals surface area contributed by atoms with Gasteiger partial charge in [0.25, 0.3) is 0 Å². The number of benzene rings is 2. The van der Waals surface area contributed by atoms with E-state index >= 15 is 0 Å². The topological polar surface area (TPSA) is 30.9 Å². The Morgan fingerprint density at radius 2 is 1.46 bits per heavy atom. The first-order chi connectivity index (χ1) is 26.2. The fourth-order valence-corrected chi connectivity index (χ4v) is 9.54. The Bertz CT molecular complexity index is 1560. The van der Waals surface area contributed by atoms with E-state index in [1.165, 1.54) is 17.7 Å². The van der Waals surface area contributed by atoms with Crippen LogP contribution in [-0.4, -0.2) is 67.8 Å². The average molecular weight is 836 g/mol. The first-order valence-electron chi connectivity index (χ1n) is 19.2. The van der Waals surface area contributed by atoms with Crippen molar-refractivity contribution >= 4 is 11.6 Å². The quantitative estimate of drug-likeness (QED) is 0.0902. The second kappa shape index (κ2) is 17.9. The van der Waals surface area contributed by atoms with E-state index in [1.54, 1.807) is 0 Å². The van der Waals surface area contributed by atoms with Crippen molar-refractivity contribution in [1.29, 1.82) is 0 Å². The van der Waals surface area contributed by atoms with Gasteiger partial charge in [-0.3, -0.25) is 0 Å². The van der Waals surface area contributed by atoms with Gasteiger partial charge in [-0.05, 0) is 136 Å². The van der Waals surface area contributed by atoms with Gasteiger partial charge in [0.15, 0.2) is 0 Å². The zero-order chi connectivity index (χ0) is 41.1. The summed E-state index contributed by atoms with van der Waals surface area (Å²) in [6.07, 6.45) is -12.8. The Balaban J connectivity index is 1.13. The molecule has 3 unspecified atom stereocenters. The number of ether oxygens (including phenoxy) is 3. The Labute approximate surface area is 325 Å². The van der Waals surface area contributed by atoms with Crippen LogP contribution in [0.3, 0.4) is 0 Å². The molecule has 0 radical (unpaired) electrons. The predicted molar refractivity (Wildman–Crippen MR) is 188 cm³/mol. The van der Waals surface area contributed by atoms with E-state index in [1.807, 2.05) is 30.1 Å². The van der Waals surface area contributed by atoms with Crippen molar-refractivity contribution in [3.05, 3.63) is 64.2 Å². The van der Waals surface area contributed by atoms with Crippen LogP contribution < -0.4 is 4.74 Å². The van der Waals surface area contributed by atoms with Crippen LogP contribution in [0.15, 0.2) is 30.3 Å². The molecule has 2 fully saturated rings. The van der Waals surface area contributed by atoms with Crippen molar-refractivity contribution in [2.45, 2.75) is 127 Å². The zero-order valence-electron chi connectivity index (χ0n) is 31.4. The van der Waals surface area contributed by atoms with E-state index in [9.17, 15) is 48.3 Å². The number of hydrogen-bond acceptors (Lipinski definition) is 4. The summed E-state index contributed by atoms with van der Waals surface area (Å²) in [5.41, 5.74) is -3.89. The molecule has 16 heteroatoms. The molecule has 0 amide bonds. The molecule has 2 saturated carbocycles. The summed E-state index contributed by atoms with van der Waals surface area (Å²) >= 11 is 5.71. The Kier molecular flexibility index (Phi) is 14.3. The number of alkyl halides is 10. The summed E-state index contributed by atoms with van der Waals surface area (Å²) in [6, 6.07) is 8.47. The molecule has 0 aromatic heterocycles. The van der Waals surface area contributed by atoms with E-state index < -0.39 is 48.8 Å². The van der Waals surface area contributed by atoms with Crippen LogP contribution in [0, 0.1) is 28.9 Å². The molecule has 3 aliphatic rings. The largest absolute Gasteiger partial charge is 0.489 e. The molecule has 316 valence electrons. The van der Waals surface area contributed by atoms with Crippen LogP contribution in [0.25, 0.3) is 0 Å². The molecule has 0 N–H and O–H groups in total. The number of fused-ring (bicyclic) bond motifs is 5. The molecule has 0 saturated heterocycles. The molecule has 56 heavy (non-hydrogen) atoms. The van der Waals surface area contributed by atoms with Gasteiger partial charge in [-0.1, -0.05) is 25.8 Å². The maximum Gasteiger partial charge on any atom is 0.435 e. The Morgan fingerprint density at radius 3 is 2.11 bits per heavy atom. The number of unbranched alkanes of at least 4 members (excludes halogenated alkanes) is 3. The summed E-state index contributed by atoms with van der Waals surface area (Å²) in [7, 11) is 1.83. The van der Waals surface area contributed by atoms with Crippen LogP contribution in [0.1, 0.15) is 99.3 Å². The normalized spacial score (nSPS) is 24.3. The van der Waals surface area contributed by atoms with Crippen LogP contribution in [0.4, 0.5) is 48.3 Å². The SMILES string of the molecule is CN(CCCCCCCl)Cc1c(F)cc(COc2ccc3c(c2)CCC2C3CC[C@@]3(C)C2CC[C@@H]3OCCCOC(C(F)(F)F)(C(F)(F)F)C(F)(F)F)cc1F. The van der Waals surface area contributed by atoms with Crippen molar-refractivity contribution in [3.8, 4) is 5.75 Å². The van der Waals surface area contributed by atoms with Gasteiger partial charge in [0.2, 0.25) is 0 Å². The second-order valence-electron chi connectivity index (χ2n) is 15.8. The van der Waals surface area contributed by atoms with Crippen molar-refractivity contribution in [2.75, 3.05) is 32.7 Å². The third-order valence-electron chi connectivity index (χ3n) is 12.2. The highest BCUT2D eigenvalue weighted by Crippen LogP contribution is 2.62. The number of aryl methyl sites for hydroxylation is 1. The van der Waals surface area contributed by atoms with Gasteiger partial charge in [-0.25, -0.2) is 8.78 Å². The molecule has 3 aliphatic carbocycles. The highest BCUT2D eigenvalue weighted by Gasteiger charge is 2.85. The summed E-state index contributed by atoms with van der Waals surface area (Å²) in [6.45, 7) is 1.12. The summed E-state index contributed by atoms with van der Waals surface area (Å²) < 4.78 is 164. The lowest BCUT2D eigenvalue weighted by Crippen LogP contribution is -2.67. The van der Waals surface area contributed by atoms with Crippen LogP contribution in [0.5, 0.6) is 5.75 Å². The molecule has 5 atom stereocenters. The number of nitrogens with zero attached hydrogens (tertiary/aromatic N) is 1. The van der Waals surface area contributed by atoms with Gasteiger partial charge in [-0.15, -0.1) is 11.6 Å². The third-order valence-corrected chi connectivity index (χ3v) is 12.5. The van der Waals surface area contributed by atoms with E-state index in [4.69, 9.17) is 21.1 Å². The maximum absolute atomic E-state index is 15.0. The first-order valence-corrected chi connectivity index (χ1v) is 19.7. The summed E-state index contributed by atoms with van der Waals surface area (Å²) in [5.74, 6) is 0.746. The minimum absolute atomic E-state index is 0.0167. The van der Waals surface area contributed by atoms with Crippen molar-refractivity contribution < 1.29 is 62.5 Å². The smallest absolute Gasteiger partial charge is 0.435 e. The Hall–Kier alpha value is -2.36. The van der Waals surface area contributed by atoms with Crippen molar-refractivity contribution in [1.82, 2.24) is 4.90 Å². The lowest BCUT2D eigenvalue weighted by atomic mass is 9.55. The zero-order valence-corrected chi connectivity index (χ0v) is 32.2. The van der Waals surface area contributed by atoms with Gasteiger partial charge >= 0.3 is 24.1 Å². The summed E-state index contributed by atoms with van der Waals surface area (Å²) in [4.78, 5) is 1.90. The third kappa shape index (κ3) is 9.41. The predicted octanol–water partition coefficient (Wildman–Crippen LogP) is 11.8. The molecular weight excluding hydrogens is 787 g/mol. The molecular formula is C40H49ClF11NO3. The van der Waals surface area contributed by atoms with E-state index in [2.05, 4.69) is 11.7 Å². The number of rotatable bonds is 17. The highest BCUT2D eigenvalue weighted by atomic mass is 35.5. The highest BCUT2D eigenvalue weighted by molar-refractivity contribution is 6.17. The maximum atomic E-state index is 15.0. The minimum Gasteiger partial charge on any atom is -0.489 e. The minimum atomic E-state index is -6.77. The molecule has 2 aromatic carbocycles. The molecule has 4 nitrogen and oxygen atoms in total. The lowest BCUT2D eigenvalue weighted by Gasteiger charge is -2.50. The molecule has 0 heterocycles. The van der Waals surface area contributed by atoms with Crippen molar-refractivity contribution in [3.63, 3.8) is 0 Å². The fourth-order valence-electron chi connectivity index (χ4n) is 9.35. The van der Waals surface area contributed by atoms with E-state index in [-0.39, 0.29) is 48.7 Å². The standard InChI is InChI=1S/C40H49ClF11NO3/c1-36-15-14-29-28-11-9-27(55-24-25-20-33(42)31(34(43)21-25)23-53(2)17-6-4-3-5-16-41)22-26(28)8-10-30(29)32(36)12-13-35(36)54-18-7-19-56-37(38(44,45)46,39(47,48)49)40(50,51)52/h9,11,20-22,29-30,32,35H,3-8,10,12-19,23-24H2,1-2H3/t29?,30?,32?,35-,36-/m0/s1. The average Bonchev–Trinajstić information content (AvgIpc) is 3.44. The fraction of sp³-hybridized carbons (Fsp3) is 0.700. The number of hydrogen-bond donors (Lipinski definition) is 0. The molecule has 2 aromatic rings. The van der Waals surface area contributed by atoms with Crippen LogP contribution in [-0.2, 0) is 29.0 Å². The van der Waals surface area contributed by atoms with Gasteiger partial charge in [0.05, 0.1) is 12.7 Å². The van der Waals surface area contributed by atoms with E-state index in [0.29, 0.717) is 29.5 Å². The van der Waals surface area contributed by atoms with Crippen LogP contribution in [0.2, 0.25) is 0 Å².